The number of hydrogen-bond donors (Lipinski definition) is 1. The third-order valence-corrected chi connectivity index (χ3v) is 5.82. The van der Waals surface area contributed by atoms with Crippen LogP contribution in [0.4, 0.5) is 0 Å². The highest BCUT2D eigenvalue weighted by molar-refractivity contribution is 7.11. The monoisotopic (exact) mass is 379 g/mol. The van der Waals surface area contributed by atoms with Gasteiger partial charge in [-0.3, -0.25) is 4.79 Å². The molecule has 3 rings (SSSR count). The minimum atomic E-state index is 0.0153. The van der Waals surface area contributed by atoms with Crippen molar-refractivity contribution in [3.05, 3.63) is 45.8 Å². The maximum absolute atomic E-state index is 11.1. The molecule has 0 unspecified atom stereocenters. The van der Waals surface area contributed by atoms with Crippen LogP contribution in [0.3, 0.4) is 0 Å². The van der Waals surface area contributed by atoms with E-state index in [0.29, 0.717) is 0 Å². The number of rotatable bonds is 6. The molecule has 0 bridgehead atoms. The van der Waals surface area contributed by atoms with E-state index in [2.05, 4.69) is 35.7 Å². The van der Waals surface area contributed by atoms with Crippen molar-refractivity contribution >= 4 is 22.8 Å². The normalized spacial score (nSPS) is 14.6. The summed E-state index contributed by atoms with van der Waals surface area (Å²) in [4.78, 5) is 15.8. The number of aromatic nitrogens is 1. The van der Waals surface area contributed by atoms with E-state index >= 15 is 0 Å². The van der Waals surface area contributed by atoms with Crippen molar-refractivity contribution in [2.24, 2.45) is 0 Å². The lowest BCUT2D eigenvalue weighted by atomic mass is 10.0. The summed E-state index contributed by atoms with van der Waals surface area (Å²) in [5, 5.41) is 15.3. The molecule has 0 spiro atoms. The van der Waals surface area contributed by atoms with Crippen LogP contribution in [0.1, 0.15) is 56.5 Å². The molecular formula is C22H25N3OS. The van der Waals surface area contributed by atoms with Gasteiger partial charge in [0.1, 0.15) is 11.1 Å². The Kier molecular flexibility index (Phi) is 6.41. The molecule has 1 N–H and O–H groups in total. The number of carbonyl (C=O) groups excluding carboxylic acids is 1. The number of hydrogen-bond acceptors (Lipinski definition) is 4. The van der Waals surface area contributed by atoms with Crippen LogP contribution in [0.25, 0.3) is 16.8 Å². The Hall–Kier alpha value is -2.45. The largest absolute Gasteiger partial charge is 0.354 e. The van der Waals surface area contributed by atoms with Crippen molar-refractivity contribution in [3.8, 4) is 17.3 Å². The molecule has 5 heteroatoms. The fraction of sp³-hybridized carbons (Fsp3) is 0.409. The first kappa shape index (κ1) is 19.3. The second kappa shape index (κ2) is 8.96. The van der Waals surface area contributed by atoms with Gasteiger partial charge in [0.25, 0.3) is 0 Å². The summed E-state index contributed by atoms with van der Waals surface area (Å²) in [7, 11) is 0. The van der Waals surface area contributed by atoms with Crippen LogP contribution in [0.15, 0.2) is 35.2 Å². The summed E-state index contributed by atoms with van der Waals surface area (Å²) >= 11 is 1.56. The number of allylic oxidation sites excluding steroid dienone is 2. The van der Waals surface area contributed by atoms with E-state index < -0.39 is 0 Å². The molecule has 1 saturated carbocycles. The molecule has 0 saturated heterocycles. The van der Waals surface area contributed by atoms with E-state index in [0.717, 1.165) is 47.5 Å². The van der Waals surface area contributed by atoms with E-state index in [9.17, 15) is 10.1 Å². The summed E-state index contributed by atoms with van der Waals surface area (Å²) in [5.74, 6) is 0.0153. The Balaban J connectivity index is 1.68. The molecule has 0 radical (unpaired) electrons. The third kappa shape index (κ3) is 5.05. The molecule has 1 aliphatic rings. The smallest absolute Gasteiger partial charge is 0.217 e. The summed E-state index contributed by atoms with van der Waals surface area (Å²) in [6.45, 7) is 3.58. The molecule has 4 nitrogen and oxygen atoms in total. The number of nitriles is 1. The highest BCUT2D eigenvalue weighted by Gasteiger charge is 2.17. The third-order valence-electron chi connectivity index (χ3n) is 4.96. The Labute approximate surface area is 165 Å². The van der Waals surface area contributed by atoms with E-state index in [-0.39, 0.29) is 11.9 Å². The second-order valence-electron chi connectivity index (χ2n) is 7.17. The number of nitrogens with zero attached hydrogens (tertiary/aromatic N) is 2. The average Bonchev–Trinajstić information content (AvgIpc) is 3.33. The van der Waals surface area contributed by atoms with Crippen molar-refractivity contribution in [1.82, 2.24) is 10.3 Å². The van der Waals surface area contributed by atoms with Crippen LogP contribution >= 0.6 is 11.3 Å². The van der Waals surface area contributed by atoms with Crippen LogP contribution in [-0.2, 0) is 11.2 Å². The van der Waals surface area contributed by atoms with E-state index in [1.54, 1.807) is 18.3 Å². The fourth-order valence-corrected chi connectivity index (χ4v) is 4.37. The van der Waals surface area contributed by atoms with Gasteiger partial charge in [-0.25, -0.2) is 4.98 Å². The van der Waals surface area contributed by atoms with E-state index in [1.165, 1.54) is 24.0 Å². The van der Waals surface area contributed by atoms with Gasteiger partial charge in [0.2, 0.25) is 5.91 Å². The van der Waals surface area contributed by atoms with Crippen molar-refractivity contribution < 1.29 is 4.79 Å². The summed E-state index contributed by atoms with van der Waals surface area (Å²) in [5.41, 5.74) is 5.30. The lowest BCUT2D eigenvalue weighted by Crippen LogP contribution is -2.30. The van der Waals surface area contributed by atoms with Gasteiger partial charge in [0.05, 0.1) is 11.3 Å². The first-order valence-electron chi connectivity index (χ1n) is 9.51. The highest BCUT2D eigenvalue weighted by Crippen LogP contribution is 2.34. The predicted molar refractivity (Wildman–Crippen MR) is 110 cm³/mol. The van der Waals surface area contributed by atoms with Crippen molar-refractivity contribution in [1.29, 1.82) is 5.26 Å². The Morgan fingerprint density at radius 2 is 2.00 bits per heavy atom. The van der Waals surface area contributed by atoms with Crippen LogP contribution in [0.5, 0.6) is 0 Å². The first-order chi connectivity index (χ1) is 13.1. The summed E-state index contributed by atoms with van der Waals surface area (Å²) < 4.78 is 0. The topological polar surface area (TPSA) is 65.8 Å². The SMILES string of the molecule is CC(=O)N[C@H](C)CCc1ccc(-c2csc(C(C#N)=C3CCCC3)n2)cc1. The number of nitrogens with one attached hydrogen (secondary N) is 1. The molecule has 27 heavy (non-hydrogen) atoms. The summed E-state index contributed by atoms with van der Waals surface area (Å²) in [6.07, 6.45) is 6.27. The molecule has 2 aromatic rings. The lowest BCUT2D eigenvalue weighted by molar-refractivity contribution is -0.119. The molecule has 1 aromatic carbocycles. The number of benzene rings is 1. The Bertz CT molecular complexity index is 866. The van der Waals surface area contributed by atoms with Gasteiger partial charge in [0, 0.05) is 23.9 Å². The number of carbonyl (C=O) groups is 1. The maximum atomic E-state index is 11.1. The molecule has 0 aliphatic heterocycles. The second-order valence-corrected chi connectivity index (χ2v) is 8.03. The first-order valence-corrected chi connectivity index (χ1v) is 10.4. The molecule has 1 aromatic heterocycles. The molecule has 1 fully saturated rings. The lowest BCUT2D eigenvalue weighted by Gasteiger charge is -2.12. The fourth-order valence-electron chi connectivity index (χ4n) is 3.50. The van der Waals surface area contributed by atoms with Gasteiger partial charge in [0.15, 0.2) is 0 Å². The van der Waals surface area contributed by atoms with Gasteiger partial charge in [-0.2, -0.15) is 5.26 Å². The van der Waals surface area contributed by atoms with Gasteiger partial charge < -0.3 is 5.32 Å². The Morgan fingerprint density at radius 3 is 2.63 bits per heavy atom. The molecule has 140 valence electrons. The average molecular weight is 380 g/mol. The van der Waals surface area contributed by atoms with Crippen LogP contribution in [-0.4, -0.2) is 16.9 Å². The highest BCUT2D eigenvalue weighted by atomic mass is 32.1. The van der Waals surface area contributed by atoms with Gasteiger partial charge in [-0.1, -0.05) is 24.3 Å². The predicted octanol–water partition coefficient (Wildman–Crippen LogP) is 5.12. The van der Waals surface area contributed by atoms with E-state index in [4.69, 9.17) is 4.98 Å². The van der Waals surface area contributed by atoms with Crippen LogP contribution in [0.2, 0.25) is 0 Å². The van der Waals surface area contributed by atoms with Crippen molar-refractivity contribution in [2.75, 3.05) is 0 Å². The Morgan fingerprint density at radius 1 is 1.30 bits per heavy atom. The summed E-state index contributed by atoms with van der Waals surface area (Å²) in [6, 6.07) is 11.0. The van der Waals surface area contributed by atoms with Crippen LogP contribution in [0, 0.1) is 11.3 Å². The molecule has 1 amide bonds. The molecule has 1 atom stereocenters. The van der Waals surface area contributed by atoms with Gasteiger partial charge in [-0.15, -0.1) is 11.3 Å². The molecule has 1 heterocycles. The number of amides is 1. The van der Waals surface area contributed by atoms with Crippen molar-refractivity contribution in [3.63, 3.8) is 0 Å². The zero-order valence-electron chi connectivity index (χ0n) is 15.9. The number of aryl methyl sites for hydroxylation is 1. The zero-order valence-corrected chi connectivity index (χ0v) is 16.7. The molecular weight excluding hydrogens is 354 g/mol. The number of thiazole rings is 1. The maximum Gasteiger partial charge on any atom is 0.217 e. The zero-order chi connectivity index (χ0) is 19.2. The van der Waals surface area contributed by atoms with Crippen LogP contribution < -0.4 is 5.32 Å². The quantitative estimate of drug-likeness (QED) is 0.709. The van der Waals surface area contributed by atoms with Crippen molar-refractivity contribution in [2.45, 2.75) is 58.4 Å². The minimum Gasteiger partial charge on any atom is -0.354 e. The molecule has 1 aliphatic carbocycles. The minimum absolute atomic E-state index is 0.0153. The van der Waals surface area contributed by atoms with Gasteiger partial charge in [-0.05, 0) is 56.6 Å². The standard InChI is InChI=1S/C22H25N3OS/c1-15(24-16(2)26)7-8-17-9-11-19(12-10-17)21-14-27-22(25-21)20(13-23)18-5-3-4-6-18/h9-12,14-15H,3-8H2,1-2H3,(H,24,26)/t15-/m1/s1. The van der Waals surface area contributed by atoms with Gasteiger partial charge >= 0.3 is 0 Å². The van der Waals surface area contributed by atoms with E-state index in [1.807, 2.05) is 12.3 Å².